The smallest absolute Gasteiger partial charge is 0.322 e. The van der Waals surface area contributed by atoms with Gasteiger partial charge in [0.15, 0.2) is 0 Å². The molecule has 1 amide bonds. The van der Waals surface area contributed by atoms with Crippen molar-refractivity contribution in [3.05, 3.63) is 51.7 Å². The number of hydrogen-bond acceptors (Lipinski definition) is 7. The minimum Gasteiger partial charge on any atom is -0.401 e. The molecular weight excluding hydrogens is 316 g/mol. The van der Waals surface area contributed by atoms with Gasteiger partial charge < -0.3 is 4.42 Å². The molecule has 1 aromatic carbocycles. The highest BCUT2D eigenvalue weighted by atomic mass is 16.6. The van der Waals surface area contributed by atoms with Crippen LogP contribution in [-0.2, 0) is 7.05 Å². The second kappa shape index (κ2) is 5.91. The number of anilines is 1. The van der Waals surface area contributed by atoms with Crippen LogP contribution in [0, 0.1) is 17.0 Å². The van der Waals surface area contributed by atoms with Crippen molar-refractivity contribution in [1.82, 2.24) is 20.0 Å². The monoisotopic (exact) mass is 328 g/mol. The first kappa shape index (κ1) is 15.3. The molecule has 10 heteroatoms. The maximum atomic E-state index is 12.1. The van der Waals surface area contributed by atoms with Gasteiger partial charge in [0.05, 0.1) is 10.6 Å². The molecule has 24 heavy (non-hydrogen) atoms. The highest BCUT2D eigenvalue weighted by Gasteiger charge is 2.17. The van der Waals surface area contributed by atoms with Gasteiger partial charge in [-0.1, -0.05) is 11.2 Å². The second-order valence-corrected chi connectivity index (χ2v) is 4.97. The van der Waals surface area contributed by atoms with E-state index in [2.05, 4.69) is 20.6 Å². The molecule has 0 fully saturated rings. The van der Waals surface area contributed by atoms with Crippen LogP contribution in [0.4, 0.5) is 11.7 Å². The molecule has 0 aliphatic heterocycles. The Kier molecular flexibility index (Phi) is 3.78. The number of amides is 1. The molecule has 0 bridgehead atoms. The zero-order chi connectivity index (χ0) is 17.3. The van der Waals surface area contributed by atoms with Crippen LogP contribution in [-0.4, -0.2) is 30.8 Å². The minimum atomic E-state index is -0.588. The number of nitrogens with zero attached hydrogens (tertiary/aromatic N) is 5. The Bertz CT molecular complexity index is 929. The van der Waals surface area contributed by atoms with E-state index in [0.717, 1.165) is 11.8 Å². The third-order valence-corrected chi connectivity index (χ3v) is 3.19. The van der Waals surface area contributed by atoms with Gasteiger partial charge in [0, 0.05) is 24.7 Å². The van der Waals surface area contributed by atoms with Crippen LogP contribution in [0.3, 0.4) is 0 Å². The third kappa shape index (κ3) is 2.97. The average Bonchev–Trinajstić information content (AvgIpc) is 3.13. The molecule has 1 N–H and O–H groups in total. The second-order valence-electron chi connectivity index (χ2n) is 4.97. The molecule has 3 aromatic rings. The van der Waals surface area contributed by atoms with Gasteiger partial charge in [-0.2, -0.15) is 5.10 Å². The van der Waals surface area contributed by atoms with Gasteiger partial charge in [0.25, 0.3) is 17.5 Å². The van der Waals surface area contributed by atoms with Crippen LogP contribution in [0.1, 0.15) is 16.1 Å². The predicted molar refractivity (Wildman–Crippen MR) is 82.3 cm³/mol. The van der Waals surface area contributed by atoms with Crippen molar-refractivity contribution in [3.8, 4) is 11.6 Å². The lowest BCUT2D eigenvalue weighted by molar-refractivity contribution is -0.384. The topological polar surface area (TPSA) is 129 Å². The fraction of sp³-hybridized carbons (Fsp3) is 0.143. The molecule has 2 heterocycles. The maximum absolute atomic E-state index is 12.1. The van der Waals surface area contributed by atoms with Crippen LogP contribution in [0.2, 0.25) is 0 Å². The SMILES string of the molecule is Cc1cc(-c2nnc(NC(=O)c3cccc([N+](=O)[O-])c3)o2)n(C)n1. The molecule has 0 saturated heterocycles. The van der Waals surface area contributed by atoms with E-state index < -0.39 is 10.8 Å². The van der Waals surface area contributed by atoms with Gasteiger partial charge in [-0.25, -0.2) is 0 Å². The molecule has 0 spiro atoms. The molecule has 122 valence electrons. The summed E-state index contributed by atoms with van der Waals surface area (Å²) in [6.07, 6.45) is 0. The van der Waals surface area contributed by atoms with Crippen molar-refractivity contribution >= 4 is 17.6 Å². The zero-order valence-electron chi connectivity index (χ0n) is 12.8. The minimum absolute atomic E-state index is 0.111. The summed E-state index contributed by atoms with van der Waals surface area (Å²) in [5.41, 5.74) is 1.32. The molecule has 10 nitrogen and oxygen atoms in total. The third-order valence-electron chi connectivity index (χ3n) is 3.19. The van der Waals surface area contributed by atoms with E-state index in [9.17, 15) is 14.9 Å². The summed E-state index contributed by atoms with van der Waals surface area (Å²) in [5.74, 6) is -0.387. The van der Waals surface area contributed by atoms with Crippen molar-refractivity contribution in [3.63, 3.8) is 0 Å². The number of nitrogens with one attached hydrogen (secondary N) is 1. The largest absolute Gasteiger partial charge is 0.401 e. The Morgan fingerprint density at radius 2 is 2.12 bits per heavy atom. The number of hydrogen-bond donors (Lipinski definition) is 1. The van der Waals surface area contributed by atoms with Gasteiger partial charge >= 0.3 is 6.01 Å². The Labute approximate surface area is 135 Å². The number of nitro benzene ring substituents is 1. The van der Waals surface area contributed by atoms with E-state index >= 15 is 0 Å². The molecule has 2 aromatic heterocycles. The summed E-state index contributed by atoms with van der Waals surface area (Å²) >= 11 is 0. The van der Waals surface area contributed by atoms with E-state index in [1.165, 1.54) is 18.2 Å². The van der Waals surface area contributed by atoms with Crippen molar-refractivity contribution in [2.24, 2.45) is 7.05 Å². The number of nitro groups is 1. The number of aryl methyl sites for hydroxylation is 2. The summed E-state index contributed by atoms with van der Waals surface area (Å²) < 4.78 is 6.96. The molecule has 0 radical (unpaired) electrons. The van der Waals surface area contributed by atoms with Crippen molar-refractivity contribution in [2.45, 2.75) is 6.92 Å². The summed E-state index contributed by atoms with van der Waals surface area (Å²) in [7, 11) is 1.73. The van der Waals surface area contributed by atoms with Gasteiger partial charge in [-0.05, 0) is 19.1 Å². The molecule has 0 unspecified atom stereocenters. The molecule has 0 aliphatic carbocycles. The Balaban J connectivity index is 1.79. The van der Waals surface area contributed by atoms with E-state index in [0.29, 0.717) is 5.69 Å². The fourth-order valence-corrected chi connectivity index (χ4v) is 2.12. The van der Waals surface area contributed by atoms with Crippen LogP contribution in [0.25, 0.3) is 11.6 Å². The first-order valence-electron chi connectivity index (χ1n) is 6.84. The summed E-state index contributed by atoms with van der Waals surface area (Å²) in [5, 5.41) is 24.9. The molecular formula is C14H12N6O4. The summed E-state index contributed by atoms with van der Waals surface area (Å²) in [4.78, 5) is 22.3. The average molecular weight is 328 g/mol. The highest BCUT2D eigenvalue weighted by Crippen LogP contribution is 2.21. The van der Waals surface area contributed by atoms with Gasteiger partial charge in [0.1, 0.15) is 5.69 Å². The van der Waals surface area contributed by atoms with Gasteiger partial charge in [-0.15, -0.1) is 5.10 Å². The predicted octanol–water partition coefficient (Wildman–Crippen LogP) is 1.94. The number of rotatable bonds is 4. The van der Waals surface area contributed by atoms with E-state index in [1.807, 2.05) is 6.92 Å². The van der Waals surface area contributed by atoms with E-state index in [-0.39, 0.29) is 23.2 Å². The lowest BCUT2D eigenvalue weighted by atomic mass is 10.2. The van der Waals surface area contributed by atoms with Crippen molar-refractivity contribution in [1.29, 1.82) is 0 Å². The Morgan fingerprint density at radius 3 is 2.79 bits per heavy atom. The first-order valence-corrected chi connectivity index (χ1v) is 6.84. The molecule has 0 atom stereocenters. The van der Waals surface area contributed by atoms with Crippen LogP contribution < -0.4 is 5.32 Å². The van der Waals surface area contributed by atoms with Crippen LogP contribution in [0.15, 0.2) is 34.7 Å². The summed E-state index contributed by atoms with van der Waals surface area (Å²) in [6, 6.07) is 6.98. The molecule has 0 aliphatic rings. The quantitative estimate of drug-likeness (QED) is 0.572. The fourth-order valence-electron chi connectivity index (χ4n) is 2.12. The lowest BCUT2D eigenvalue weighted by Gasteiger charge is -2.00. The zero-order valence-corrected chi connectivity index (χ0v) is 12.8. The number of carbonyl (C=O) groups excluding carboxylic acids is 1. The standard InChI is InChI=1S/C14H12N6O4/c1-8-6-11(19(2)18-8)13-16-17-14(24-13)15-12(21)9-4-3-5-10(7-9)20(22)23/h3-7H,1-2H3,(H,15,17,21). The summed E-state index contributed by atoms with van der Waals surface area (Å²) in [6.45, 7) is 1.82. The lowest BCUT2D eigenvalue weighted by Crippen LogP contribution is -2.12. The Morgan fingerprint density at radius 1 is 1.33 bits per heavy atom. The number of benzene rings is 1. The number of carbonyl (C=O) groups is 1. The first-order chi connectivity index (χ1) is 11.4. The molecule has 3 rings (SSSR count). The number of aromatic nitrogens is 4. The number of non-ortho nitro benzene ring substituents is 1. The van der Waals surface area contributed by atoms with Crippen molar-refractivity contribution in [2.75, 3.05) is 5.32 Å². The maximum Gasteiger partial charge on any atom is 0.322 e. The van der Waals surface area contributed by atoms with Crippen LogP contribution >= 0.6 is 0 Å². The van der Waals surface area contributed by atoms with Crippen LogP contribution in [0.5, 0.6) is 0 Å². The molecule has 0 saturated carbocycles. The van der Waals surface area contributed by atoms with Crippen molar-refractivity contribution < 1.29 is 14.1 Å². The van der Waals surface area contributed by atoms with E-state index in [1.54, 1.807) is 17.8 Å². The Hall–Kier alpha value is -3.56. The van der Waals surface area contributed by atoms with Gasteiger partial charge in [-0.3, -0.25) is 24.9 Å². The highest BCUT2D eigenvalue weighted by molar-refractivity contribution is 6.03. The van der Waals surface area contributed by atoms with E-state index in [4.69, 9.17) is 4.42 Å². The normalized spacial score (nSPS) is 10.6. The van der Waals surface area contributed by atoms with Gasteiger partial charge in [0.2, 0.25) is 0 Å².